The van der Waals surface area contributed by atoms with E-state index in [1.54, 1.807) is 7.11 Å². The number of fused-ring (bicyclic) bond motifs is 1. The lowest BCUT2D eigenvalue weighted by atomic mass is 9.95. The molecule has 3 aromatic rings. The molecule has 2 aromatic carbocycles. The summed E-state index contributed by atoms with van der Waals surface area (Å²) in [4.78, 5) is 22.8. The van der Waals surface area contributed by atoms with Crippen molar-refractivity contribution in [1.82, 2.24) is 9.97 Å². The predicted molar refractivity (Wildman–Crippen MR) is 102 cm³/mol. The van der Waals surface area contributed by atoms with Gasteiger partial charge in [-0.1, -0.05) is 18.2 Å². The predicted octanol–water partition coefficient (Wildman–Crippen LogP) is 3.07. The van der Waals surface area contributed by atoms with Crippen molar-refractivity contribution in [2.45, 2.75) is 19.4 Å². The van der Waals surface area contributed by atoms with Crippen molar-refractivity contribution in [3.05, 3.63) is 60.2 Å². The number of hydrogen-bond donors (Lipinski definition) is 2. The average Bonchev–Trinajstić information content (AvgIpc) is 3.12. The zero-order chi connectivity index (χ0) is 18.5. The normalized spacial score (nSPS) is 16.6. The first-order valence-corrected chi connectivity index (χ1v) is 8.37. The molecule has 4 rings (SSSR count). The number of rotatable bonds is 3. The Labute approximate surface area is 151 Å². The van der Waals surface area contributed by atoms with E-state index in [2.05, 4.69) is 9.97 Å². The minimum Gasteiger partial charge on any atom is -0.497 e. The molecule has 0 bridgehead atoms. The zero-order valence-corrected chi connectivity index (χ0v) is 14.9. The molecule has 0 saturated heterocycles. The maximum absolute atomic E-state index is 13.2. The van der Waals surface area contributed by atoms with Crippen molar-refractivity contribution in [3.8, 4) is 5.75 Å². The molecular weight excluding hydrogens is 328 g/mol. The van der Waals surface area contributed by atoms with Crippen LogP contribution in [0.5, 0.6) is 5.75 Å². The number of aromatic nitrogens is 2. The van der Waals surface area contributed by atoms with Gasteiger partial charge >= 0.3 is 0 Å². The third-order valence-electron chi connectivity index (χ3n) is 4.78. The van der Waals surface area contributed by atoms with Crippen molar-refractivity contribution in [1.29, 1.82) is 0 Å². The van der Waals surface area contributed by atoms with Gasteiger partial charge in [-0.25, -0.2) is 4.98 Å². The van der Waals surface area contributed by atoms with Gasteiger partial charge in [-0.15, -0.1) is 0 Å². The Kier molecular flexibility index (Phi) is 3.50. The molecule has 0 unspecified atom stereocenters. The fourth-order valence-electron chi connectivity index (χ4n) is 3.45. The van der Waals surface area contributed by atoms with Gasteiger partial charge in [0.15, 0.2) is 5.78 Å². The third-order valence-corrected chi connectivity index (χ3v) is 4.78. The molecule has 1 aliphatic heterocycles. The summed E-state index contributed by atoms with van der Waals surface area (Å²) in [6, 6.07) is 15.2. The van der Waals surface area contributed by atoms with Gasteiger partial charge in [0.05, 0.1) is 18.1 Å². The number of ether oxygens (including phenoxy) is 1. The van der Waals surface area contributed by atoms with Gasteiger partial charge < -0.3 is 20.4 Å². The molecular formula is C20H20N4O2. The van der Waals surface area contributed by atoms with Crippen LogP contribution in [0.2, 0.25) is 0 Å². The molecule has 132 valence electrons. The van der Waals surface area contributed by atoms with Crippen molar-refractivity contribution < 1.29 is 9.53 Å². The molecule has 0 spiro atoms. The van der Waals surface area contributed by atoms with Gasteiger partial charge in [0.25, 0.3) is 0 Å². The topological polar surface area (TPSA) is 84.2 Å². The van der Waals surface area contributed by atoms with Crippen LogP contribution in [0.4, 0.5) is 5.69 Å². The maximum atomic E-state index is 13.2. The molecule has 0 atom stereocenters. The molecule has 0 saturated carbocycles. The van der Waals surface area contributed by atoms with Crippen LogP contribution >= 0.6 is 0 Å². The van der Waals surface area contributed by atoms with Crippen molar-refractivity contribution in [3.63, 3.8) is 0 Å². The molecule has 6 heteroatoms. The van der Waals surface area contributed by atoms with E-state index in [0.29, 0.717) is 23.0 Å². The molecule has 0 radical (unpaired) electrons. The van der Waals surface area contributed by atoms with E-state index in [-0.39, 0.29) is 5.78 Å². The van der Waals surface area contributed by atoms with Gasteiger partial charge in [0.1, 0.15) is 28.5 Å². The van der Waals surface area contributed by atoms with Crippen molar-refractivity contribution in [2.24, 2.45) is 5.73 Å². The highest BCUT2D eigenvalue weighted by Crippen LogP contribution is 2.40. The second-order valence-corrected chi connectivity index (χ2v) is 6.79. The van der Waals surface area contributed by atoms with Gasteiger partial charge in [-0.05, 0) is 38.1 Å². The number of Topliss-reactive ketones (excluding diaryl/α,β-unsaturated/α-hetero) is 1. The van der Waals surface area contributed by atoms with Crippen LogP contribution in [0.15, 0.2) is 54.4 Å². The van der Waals surface area contributed by atoms with E-state index in [4.69, 9.17) is 10.5 Å². The van der Waals surface area contributed by atoms with Crippen LogP contribution in [-0.2, 0) is 4.79 Å². The van der Waals surface area contributed by atoms with Crippen LogP contribution in [0, 0.1) is 0 Å². The van der Waals surface area contributed by atoms with E-state index in [0.717, 1.165) is 16.7 Å². The van der Waals surface area contributed by atoms with Gasteiger partial charge in [0, 0.05) is 11.8 Å². The molecule has 2 heterocycles. The number of nitrogens with two attached hydrogens (primary N) is 1. The van der Waals surface area contributed by atoms with E-state index >= 15 is 0 Å². The highest BCUT2D eigenvalue weighted by atomic mass is 16.5. The lowest BCUT2D eigenvalue weighted by molar-refractivity contribution is -0.116. The minimum atomic E-state index is -0.829. The summed E-state index contributed by atoms with van der Waals surface area (Å²) in [5.41, 5.74) is 8.50. The zero-order valence-electron chi connectivity index (χ0n) is 14.9. The molecule has 0 amide bonds. The SMILES string of the molecule is COc1cccc(N2C(N)=C(c3nc4ccccc4[nH]3)C(=O)C2(C)C)c1. The monoisotopic (exact) mass is 348 g/mol. The molecule has 1 aliphatic rings. The highest BCUT2D eigenvalue weighted by Gasteiger charge is 2.47. The fraction of sp³-hybridized carbons (Fsp3) is 0.200. The molecule has 0 aliphatic carbocycles. The number of benzene rings is 2. The minimum absolute atomic E-state index is 0.0723. The van der Waals surface area contributed by atoms with E-state index < -0.39 is 5.54 Å². The summed E-state index contributed by atoms with van der Waals surface area (Å²) in [6.07, 6.45) is 0. The quantitative estimate of drug-likeness (QED) is 0.760. The molecule has 1 aromatic heterocycles. The molecule has 3 N–H and O–H groups in total. The Morgan fingerprint density at radius 2 is 1.92 bits per heavy atom. The number of carbonyl (C=O) groups excluding carboxylic acids is 1. The number of imidazole rings is 1. The largest absolute Gasteiger partial charge is 0.497 e. The number of carbonyl (C=O) groups is 1. The number of aromatic amines is 1. The molecule has 0 fully saturated rings. The number of anilines is 1. The Bertz CT molecular complexity index is 1020. The smallest absolute Gasteiger partial charge is 0.195 e. The maximum Gasteiger partial charge on any atom is 0.195 e. The number of ketones is 1. The van der Waals surface area contributed by atoms with Crippen LogP contribution in [0.1, 0.15) is 19.7 Å². The summed E-state index contributed by atoms with van der Waals surface area (Å²) < 4.78 is 5.31. The Hall–Kier alpha value is -3.28. The van der Waals surface area contributed by atoms with Gasteiger partial charge in [-0.3, -0.25) is 4.79 Å². The number of hydrogen-bond acceptors (Lipinski definition) is 5. The molecule has 6 nitrogen and oxygen atoms in total. The van der Waals surface area contributed by atoms with Crippen LogP contribution in [-0.4, -0.2) is 28.4 Å². The second-order valence-electron chi connectivity index (χ2n) is 6.79. The summed E-state index contributed by atoms with van der Waals surface area (Å²) in [6.45, 7) is 3.72. The van der Waals surface area contributed by atoms with Crippen LogP contribution < -0.4 is 15.4 Å². The Balaban J connectivity index is 1.88. The number of H-pyrrole nitrogens is 1. The number of nitrogens with one attached hydrogen (secondary N) is 1. The number of methoxy groups -OCH3 is 1. The number of nitrogens with zero attached hydrogens (tertiary/aromatic N) is 2. The Morgan fingerprint density at radius 1 is 1.15 bits per heavy atom. The van der Waals surface area contributed by atoms with Gasteiger partial charge in [-0.2, -0.15) is 0 Å². The second kappa shape index (κ2) is 5.62. The van der Waals surface area contributed by atoms with E-state index in [1.807, 2.05) is 67.3 Å². The standard InChI is InChI=1S/C20H20N4O2/c1-20(2)17(25)16(19-22-14-9-4-5-10-15(14)23-19)18(21)24(20)12-7-6-8-13(11-12)26-3/h4-11H,21H2,1-3H3,(H,22,23). The van der Waals surface area contributed by atoms with Crippen LogP contribution in [0.25, 0.3) is 16.6 Å². The lowest BCUT2D eigenvalue weighted by Gasteiger charge is -2.33. The molecule has 26 heavy (non-hydrogen) atoms. The van der Waals surface area contributed by atoms with Crippen molar-refractivity contribution >= 4 is 28.1 Å². The highest BCUT2D eigenvalue weighted by molar-refractivity contribution is 6.29. The van der Waals surface area contributed by atoms with E-state index in [1.165, 1.54) is 0 Å². The first-order chi connectivity index (χ1) is 12.4. The summed E-state index contributed by atoms with van der Waals surface area (Å²) in [5, 5.41) is 0. The first-order valence-electron chi connectivity index (χ1n) is 8.37. The van der Waals surface area contributed by atoms with E-state index in [9.17, 15) is 4.79 Å². The first kappa shape index (κ1) is 16.2. The van der Waals surface area contributed by atoms with Gasteiger partial charge in [0.2, 0.25) is 0 Å². The van der Waals surface area contributed by atoms with Crippen LogP contribution in [0.3, 0.4) is 0 Å². The summed E-state index contributed by atoms with van der Waals surface area (Å²) in [5.74, 6) is 1.51. The lowest BCUT2D eigenvalue weighted by Crippen LogP contribution is -2.45. The third kappa shape index (κ3) is 2.26. The summed E-state index contributed by atoms with van der Waals surface area (Å²) in [7, 11) is 1.61. The Morgan fingerprint density at radius 3 is 2.65 bits per heavy atom. The van der Waals surface area contributed by atoms with Crippen molar-refractivity contribution in [2.75, 3.05) is 12.0 Å². The number of para-hydroxylation sites is 2. The summed E-state index contributed by atoms with van der Waals surface area (Å²) >= 11 is 0. The average molecular weight is 348 g/mol. The fourth-order valence-corrected chi connectivity index (χ4v) is 3.45.